The molecule has 23 heavy (non-hydrogen) atoms. The second-order valence-electron chi connectivity index (χ2n) is 5.10. The van der Waals surface area contributed by atoms with E-state index in [2.05, 4.69) is 37.5 Å². The molecule has 0 spiro atoms. The number of benzene rings is 1. The molecule has 0 fully saturated rings. The molecule has 4 aromatic rings. The van der Waals surface area contributed by atoms with Crippen LogP contribution >= 0.6 is 0 Å². The molecule has 0 amide bonds. The minimum Gasteiger partial charge on any atom is -0.323 e. The lowest BCUT2D eigenvalue weighted by molar-refractivity contribution is 0.689. The van der Waals surface area contributed by atoms with E-state index in [9.17, 15) is 0 Å². The Labute approximate surface area is 132 Å². The van der Waals surface area contributed by atoms with Crippen LogP contribution in [-0.4, -0.2) is 24.7 Å². The second-order valence-corrected chi connectivity index (χ2v) is 5.10. The molecule has 1 N–H and O–H groups in total. The van der Waals surface area contributed by atoms with E-state index in [0.717, 1.165) is 17.9 Å². The molecule has 0 bridgehead atoms. The van der Waals surface area contributed by atoms with Gasteiger partial charge < -0.3 is 5.32 Å². The van der Waals surface area contributed by atoms with Gasteiger partial charge in [0.25, 0.3) is 0 Å². The van der Waals surface area contributed by atoms with E-state index in [0.29, 0.717) is 11.5 Å². The Hall–Kier alpha value is -3.28. The number of pyridine rings is 1. The second kappa shape index (κ2) is 5.84. The monoisotopic (exact) mass is 302 g/mol. The first kappa shape index (κ1) is 13.4. The highest BCUT2D eigenvalue weighted by atomic mass is 15.3. The number of fused-ring (bicyclic) bond motifs is 1. The zero-order chi connectivity index (χ0) is 15.5. The molecule has 0 atom stereocenters. The van der Waals surface area contributed by atoms with Gasteiger partial charge in [-0.15, -0.1) is 0 Å². The van der Waals surface area contributed by atoms with Crippen molar-refractivity contribution in [2.45, 2.75) is 6.54 Å². The Morgan fingerprint density at radius 2 is 1.74 bits per heavy atom. The van der Waals surface area contributed by atoms with Gasteiger partial charge in [-0.1, -0.05) is 30.3 Å². The molecule has 6 nitrogen and oxygen atoms in total. The number of hydrogen-bond donors (Lipinski definition) is 1. The van der Waals surface area contributed by atoms with Gasteiger partial charge in [0.2, 0.25) is 0 Å². The molecule has 0 radical (unpaired) electrons. The molecule has 0 unspecified atom stereocenters. The predicted octanol–water partition coefficient (Wildman–Crippen LogP) is 3.01. The Kier molecular flexibility index (Phi) is 3.40. The fourth-order valence-corrected chi connectivity index (χ4v) is 2.34. The van der Waals surface area contributed by atoms with Crippen molar-refractivity contribution >= 4 is 22.8 Å². The quantitative estimate of drug-likeness (QED) is 0.627. The molecule has 0 saturated heterocycles. The van der Waals surface area contributed by atoms with Crippen molar-refractivity contribution < 1.29 is 0 Å². The fraction of sp³-hybridized carbons (Fsp3) is 0.0588. The molecule has 0 aliphatic carbocycles. The van der Waals surface area contributed by atoms with Crippen LogP contribution in [-0.2, 0) is 6.54 Å². The Morgan fingerprint density at radius 1 is 0.870 bits per heavy atom. The van der Waals surface area contributed by atoms with Gasteiger partial charge >= 0.3 is 0 Å². The van der Waals surface area contributed by atoms with Crippen LogP contribution < -0.4 is 5.32 Å². The van der Waals surface area contributed by atoms with Crippen molar-refractivity contribution in [2.24, 2.45) is 0 Å². The normalized spacial score (nSPS) is 10.8. The standard InChI is InChI=1S/C17H14N6/c1-2-4-13(5-3-1)12-23-11-8-16(22-23)20-15-7-6-14-17(21-15)19-10-9-18-14/h1-11H,12H2,(H,19,20,21,22). The molecule has 0 aliphatic heterocycles. The van der Waals surface area contributed by atoms with Gasteiger partial charge in [0.15, 0.2) is 11.5 Å². The maximum absolute atomic E-state index is 4.51. The van der Waals surface area contributed by atoms with Gasteiger partial charge in [-0.3, -0.25) is 9.67 Å². The smallest absolute Gasteiger partial charge is 0.180 e. The maximum Gasteiger partial charge on any atom is 0.180 e. The van der Waals surface area contributed by atoms with Crippen LogP contribution in [0.4, 0.5) is 11.6 Å². The molecule has 6 heteroatoms. The van der Waals surface area contributed by atoms with Crippen LogP contribution in [0.2, 0.25) is 0 Å². The van der Waals surface area contributed by atoms with E-state index in [1.54, 1.807) is 12.4 Å². The van der Waals surface area contributed by atoms with Crippen LogP contribution in [0.5, 0.6) is 0 Å². The first-order valence-corrected chi connectivity index (χ1v) is 7.29. The number of nitrogens with one attached hydrogen (secondary N) is 1. The topological polar surface area (TPSA) is 68.5 Å². The lowest BCUT2D eigenvalue weighted by Gasteiger charge is -2.04. The molecule has 0 aliphatic rings. The van der Waals surface area contributed by atoms with Crippen LogP contribution in [0, 0.1) is 0 Å². The fourth-order valence-electron chi connectivity index (χ4n) is 2.34. The Morgan fingerprint density at radius 3 is 2.65 bits per heavy atom. The summed E-state index contributed by atoms with van der Waals surface area (Å²) in [5.41, 5.74) is 2.59. The maximum atomic E-state index is 4.51. The lowest BCUT2D eigenvalue weighted by Crippen LogP contribution is -2.01. The summed E-state index contributed by atoms with van der Waals surface area (Å²) in [6.07, 6.45) is 5.23. The number of hydrogen-bond acceptors (Lipinski definition) is 5. The highest BCUT2D eigenvalue weighted by molar-refractivity contribution is 5.72. The van der Waals surface area contributed by atoms with Gasteiger partial charge in [0, 0.05) is 24.7 Å². The van der Waals surface area contributed by atoms with Crippen molar-refractivity contribution in [1.82, 2.24) is 24.7 Å². The molecular weight excluding hydrogens is 288 g/mol. The summed E-state index contributed by atoms with van der Waals surface area (Å²) >= 11 is 0. The first-order valence-electron chi connectivity index (χ1n) is 7.29. The van der Waals surface area contributed by atoms with Gasteiger partial charge in [-0.2, -0.15) is 5.10 Å². The molecule has 3 heterocycles. The van der Waals surface area contributed by atoms with Gasteiger partial charge in [-0.05, 0) is 17.7 Å². The minimum absolute atomic E-state index is 0.612. The van der Waals surface area contributed by atoms with Crippen LogP contribution in [0.15, 0.2) is 67.1 Å². The number of aromatic nitrogens is 5. The predicted molar refractivity (Wildman–Crippen MR) is 88.4 cm³/mol. The van der Waals surface area contributed by atoms with E-state index in [1.165, 1.54) is 5.56 Å². The zero-order valence-electron chi connectivity index (χ0n) is 12.3. The number of rotatable bonds is 4. The summed E-state index contributed by atoms with van der Waals surface area (Å²) in [4.78, 5) is 12.8. The zero-order valence-corrected chi connectivity index (χ0v) is 12.3. The summed E-state index contributed by atoms with van der Waals surface area (Å²) in [6.45, 7) is 0.735. The average Bonchev–Trinajstić information content (AvgIpc) is 3.02. The van der Waals surface area contributed by atoms with E-state index in [-0.39, 0.29) is 0 Å². The third-order valence-electron chi connectivity index (χ3n) is 3.42. The van der Waals surface area contributed by atoms with E-state index in [4.69, 9.17) is 0 Å². The minimum atomic E-state index is 0.612. The molecule has 1 aromatic carbocycles. The first-order chi connectivity index (χ1) is 11.4. The molecule has 3 aromatic heterocycles. The summed E-state index contributed by atoms with van der Waals surface area (Å²) in [6, 6.07) is 15.9. The summed E-state index contributed by atoms with van der Waals surface area (Å²) in [5, 5.41) is 7.70. The summed E-state index contributed by atoms with van der Waals surface area (Å²) < 4.78 is 1.89. The largest absolute Gasteiger partial charge is 0.323 e. The van der Waals surface area contributed by atoms with E-state index < -0.39 is 0 Å². The average molecular weight is 302 g/mol. The van der Waals surface area contributed by atoms with Crippen molar-refractivity contribution in [3.63, 3.8) is 0 Å². The van der Waals surface area contributed by atoms with Crippen molar-refractivity contribution in [1.29, 1.82) is 0 Å². The molecular formula is C17H14N6. The molecule has 4 rings (SSSR count). The third-order valence-corrected chi connectivity index (χ3v) is 3.42. The highest BCUT2D eigenvalue weighted by Gasteiger charge is 2.03. The van der Waals surface area contributed by atoms with Crippen molar-refractivity contribution in [3.8, 4) is 0 Å². The van der Waals surface area contributed by atoms with Crippen LogP contribution in [0.25, 0.3) is 11.2 Å². The summed E-state index contributed by atoms with van der Waals surface area (Å²) in [7, 11) is 0. The number of anilines is 2. The Bertz CT molecular complexity index is 932. The highest BCUT2D eigenvalue weighted by Crippen LogP contribution is 2.15. The van der Waals surface area contributed by atoms with Gasteiger partial charge in [0.1, 0.15) is 11.3 Å². The number of nitrogens with zero attached hydrogens (tertiary/aromatic N) is 5. The van der Waals surface area contributed by atoms with Crippen molar-refractivity contribution in [2.75, 3.05) is 5.32 Å². The Balaban J connectivity index is 1.52. The van der Waals surface area contributed by atoms with Crippen LogP contribution in [0.1, 0.15) is 5.56 Å². The van der Waals surface area contributed by atoms with E-state index in [1.807, 2.05) is 47.3 Å². The lowest BCUT2D eigenvalue weighted by atomic mass is 10.2. The van der Waals surface area contributed by atoms with Crippen molar-refractivity contribution in [3.05, 3.63) is 72.7 Å². The SMILES string of the molecule is c1ccc(Cn2ccc(Nc3ccc4nccnc4n3)n2)cc1. The summed E-state index contributed by atoms with van der Waals surface area (Å²) in [5.74, 6) is 1.44. The van der Waals surface area contributed by atoms with Gasteiger partial charge in [-0.25, -0.2) is 9.97 Å². The van der Waals surface area contributed by atoms with E-state index >= 15 is 0 Å². The van der Waals surface area contributed by atoms with Crippen LogP contribution in [0.3, 0.4) is 0 Å². The molecule has 0 saturated carbocycles. The van der Waals surface area contributed by atoms with Gasteiger partial charge in [0.05, 0.1) is 6.54 Å². The third kappa shape index (κ3) is 3.01. The molecule has 112 valence electrons.